The Morgan fingerprint density at radius 3 is 2.45 bits per heavy atom. The lowest BCUT2D eigenvalue weighted by Gasteiger charge is -2.25. The van der Waals surface area contributed by atoms with Crippen LogP contribution in [0.25, 0.3) is 0 Å². The highest BCUT2D eigenvalue weighted by molar-refractivity contribution is 7.89. The smallest absolute Gasteiger partial charge is 0.251 e. The number of hydrogen-bond acceptors (Lipinski definition) is 5. The Hall–Kier alpha value is -2.10. The molecule has 0 spiro atoms. The van der Waals surface area contributed by atoms with Gasteiger partial charge >= 0.3 is 0 Å². The number of benzene rings is 1. The van der Waals surface area contributed by atoms with Crippen molar-refractivity contribution in [2.24, 2.45) is 0 Å². The number of nitrogens with one attached hydrogen (secondary N) is 1. The first kappa shape index (κ1) is 23.2. The third-order valence-electron chi connectivity index (χ3n) is 4.50. The maximum Gasteiger partial charge on any atom is 0.251 e. The standard InChI is InChI=1S/C19H27ClN4O4S/c1-6-23(7-2)29(26,27)17-11-15(9-10-16(17)28-8-3)22-18(25)19(4,5)24-13-14(20)12-21-24/h9-13H,6-8H2,1-5H3,(H,22,25). The maximum absolute atomic E-state index is 13.1. The number of carbonyl (C=O) groups is 1. The normalized spacial score (nSPS) is 12.2. The lowest BCUT2D eigenvalue weighted by atomic mass is 10.0. The molecule has 1 heterocycles. The van der Waals surface area contributed by atoms with Crippen LogP contribution in [0.4, 0.5) is 5.69 Å². The van der Waals surface area contributed by atoms with Crippen LogP contribution in [-0.2, 0) is 20.4 Å². The zero-order valence-electron chi connectivity index (χ0n) is 17.3. The molecule has 1 aromatic heterocycles. The summed E-state index contributed by atoms with van der Waals surface area (Å²) in [6.45, 7) is 9.67. The van der Waals surface area contributed by atoms with Gasteiger partial charge in [0.15, 0.2) is 0 Å². The fraction of sp³-hybridized carbons (Fsp3) is 0.474. The Balaban J connectivity index is 2.41. The van der Waals surface area contributed by atoms with Gasteiger partial charge in [-0.1, -0.05) is 25.4 Å². The number of nitrogens with zero attached hydrogens (tertiary/aromatic N) is 3. The number of ether oxygens (including phenoxy) is 1. The summed E-state index contributed by atoms with van der Waals surface area (Å²) in [6, 6.07) is 4.58. The summed E-state index contributed by atoms with van der Waals surface area (Å²) in [5.74, 6) is -0.122. The summed E-state index contributed by atoms with van der Waals surface area (Å²) in [5, 5.41) is 7.27. The van der Waals surface area contributed by atoms with Gasteiger partial charge in [-0.15, -0.1) is 0 Å². The fourth-order valence-corrected chi connectivity index (χ4v) is 4.51. The first-order chi connectivity index (χ1) is 13.6. The second-order valence-electron chi connectivity index (χ2n) is 6.80. The van der Waals surface area contributed by atoms with Crippen molar-refractivity contribution in [3.05, 3.63) is 35.6 Å². The summed E-state index contributed by atoms with van der Waals surface area (Å²) in [4.78, 5) is 12.9. The third-order valence-corrected chi connectivity index (χ3v) is 6.77. The molecule has 160 valence electrons. The molecule has 29 heavy (non-hydrogen) atoms. The number of carbonyl (C=O) groups excluding carboxylic acids is 1. The molecule has 0 bridgehead atoms. The van der Waals surface area contributed by atoms with Gasteiger partial charge in [-0.05, 0) is 39.0 Å². The summed E-state index contributed by atoms with van der Waals surface area (Å²) in [6.07, 6.45) is 3.00. The van der Waals surface area contributed by atoms with Gasteiger partial charge in [0.1, 0.15) is 16.2 Å². The van der Waals surface area contributed by atoms with Gasteiger partial charge in [-0.3, -0.25) is 9.48 Å². The van der Waals surface area contributed by atoms with Gasteiger partial charge in [0.25, 0.3) is 5.91 Å². The van der Waals surface area contributed by atoms with E-state index in [-0.39, 0.29) is 16.6 Å². The monoisotopic (exact) mass is 442 g/mol. The molecular formula is C19H27ClN4O4S. The third kappa shape index (κ3) is 4.91. The fourth-order valence-electron chi connectivity index (χ4n) is 2.76. The van der Waals surface area contributed by atoms with E-state index >= 15 is 0 Å². The number of amides is 1. The molecule has 0 aliphatic heterocycles. The van der Waals surface area contributed by atoms with Crippen molar-refractivity contribution in [3.8, 4) is 5.75 Å². The van der Waals surface area contributed by atoms with Crippen LogP contribution in [0.1, 0.15) is 34.6 Å². The largest absolute Gasteiger partial charge is 0.492 e. The maximum atomic E-state index is 13.1. The van der Waals surface area contributed by atoms with E-state index in [1.807, 2.05) is 0 Å². The highest BCUT2D eigenvalue weighted by Crippen LogP contribution is 2.31. The van der Waals surface area contributed by atoms with Gasteiger partial charge in [0.2, 0.25) is 10.0 Å². The molecular weight excluding hydrogens is 416 g/mol. The predicted molar refractivity (Wildman–Crippen MR) is 113 cm³/mol. The molecule has 0 unspecified atom stereocenters. The van der Waals surface area contributed by atoms with Gasteiger partial charge in [-0.25, -0.2) is 8.42 Å². The van der Waals surface area contributed by atoms with E-state index < -0.39 is 15.6 Å². The molecule has 0 aliphatic rings. The quantitative estimate of drug-likeness (QED) is 0.642. The lowest BCUT2D eigenvalue weighted by Crippen LogP contribution is -2.40. The van der Waals surface area contributed by atoms with Crippen molar-refractivity contribution in [3.63, 3.8) is 0 Å². The van der Waals surface area contributed by atoms with Crippen molar-refractivity contribution >= 4 is 33.2 Å². The summed E-state index contributed by atoms with van der Waals surface area (Å²) < 4.78 is 34.4. The number of rotatable bonds is 9. The number of anilines is 1. The average Bonchev–Trinajstić information content (AvgIpc) is 3.11. The van der Waals surface area contributed by atoms with E-state index in [1.165, 1.54) is 21.3 Å². The van der Waals surface area contributed by atoms with Crippen LogP contribution < -0.4 is 10.1 Å². The molecule has 1 N–H and O–H groups in total. The van der Waals surface area contributed by atoms with E-state index in [2.05, 4.69) is 10.4 Å². The van der Waals surface area contributed by atoms with E-state index in [4.69, 9.17) is 16.3 Å². The Labute approximate surface area is 176 Å². The molecule has 0 radical (unpaired) electrons. The SMILES string of the molecule is CCOc1ccc(NC(=O)C(C)(C)n2cc(Cl)cn2)cc1S(=O)(=O)N(CC)CC. The van der Waals surface area contributed by atoms with Gasteiger partial charge in [0, 0.05) is 25.0 Å². The zero-order chi connectivity index (χ0) is 21.8. The first-order valence-corrected chi connectivity index (χ1v) is 11.2. The second-order valence-corrected chi connectivity index (χ2v) is 9.14. The molecule has 10 heteroatoms. The van der Waals surface area contributed by atoms with Crippen molar-refractivity contribution in [2.45, 2.75) is 45.1 Å². The summed E-state index contributed by atoms with van der Waals surface area (Å²) in [7, 11) is -3.77. The van der Waals surface area contributed by atoms with E-state index in [0.29, 0.717) is 30.4 Å². The molecule has 0 atom stereocenters. The molecule has 8 nitrogen and oxygen atoms in total. The predicted octanol–water partition coefficient (Wildman–Crippen LogP) is 3.34. The molecule has 0 fully saturated rings. The molecule has 1 aromatic carbocycles. The second kappa shape index (κ2) is 9.15. The van der Waals surface area contributed by atoms with Crippen molar-refractivity contribution in [1.82, 2.24) is 14.1 Å². The summed E-state index contributed by atoms with van der Waals surface area (Å²) >= 11 is 5.91. The van der Waals surface area contributed by atoms with E-state index in [0.717, 1.165) is 0 Å². The van der Waals surface area contributed by atoms with Crippen LogP contribution in [0.15, 0.2) is 35.5 Å². The molecule has 1 amide bonds. The van der Waals surface area contributed by atoms with Crippen molar-refractivity contribution in [1.29, 1.82) is 0 Å². The molecule has 2 aromatic rings. The number of sulfonamides is 1. The van der Waals surface area contributed by atoms with Crippen LogP contribution in [0.5, 0.6) is 5.75 Å². The van der Waals surface area contributed by atoms with E-state index in [9.17, 15) is 13.2 Å². The highest BCUT2D eigenvalue weighted by Gasteiger charge is 2.32. The van der Waals surface area contributed by atoms with Gasteiger partial charge in [-0.2, -0.15) is 9.40 Å². The minimum Gasteiger partial charge on any atom is -0.492 e. The van der Waals surface area contributed by atoms with Crippen LogP contribution in [0.3, 0.4) is 0 Å². The van der Waals surface area contributed by atoms with Crippen LogP contribution in [0.2, 0.25) is 5.02 Å². The van der Waals surface area contributed by atoms with Crippen LogP contribution >= 0.6 is 11.6 Å². The minimum absolute atomic E-state index is 0.0146. The van der Waals surface area contributed by atoms with E-state index in [1.54, 1.807) is 52.9 Å². The zero-order valence-corrected chi connectivity index (χ0v) is 18.8. The highest BCUT2D eigenvalue weighted by atomic mass is 35.5. The van der Waals surface area contributed by atoms with Crippen LogP contribution in [-0.4, -0.2) is 48.1 Å². The van der Waals surface area contributed by atoms with Crippen molar-refractivity contribution in [2.75, 3.05) is 25.0 Å². The number of aromatic nitrogens is 2. The number of hydrogen-bond donors (Lipinski definition) is 1. The number of halogens is 1. The average molecular weight is 443 g/mol. The minimum atomic E-state index is -3.77. The molecule has 0 saturated carbocycles. The Morgan fingerprint density at radius 1 is 1.28 bits per heavy atom. The molecule has 0 aliphatic carbocycles. The Kier molecular flexibility index (Phi) is 7.31. The first-order valence-electron chi connectivity index (χ1n) is 9.37. The summed E-state index contributed by atoms with van der Waals surface area (Å²) in [5.41, 5.74) is -0.695. The lowest BCUT2D eigenvalue weighted by molar-refractivity contribution is -0.123. The van der Waals surface area contributed by atoms with Crippen LogP contribution in [0, 0.1) is 0 Å². The molecule has 2 rings (SSSR count). The molecule has 0 saturated heterocycles. The Morgan fingerprint density at radius 2 is 1.93 bits per heavy atom. The van der Waals surface area contributed by atoms with Gasteiger partial charge in [0.05, 0.1) is 17.8 Å². The Bertz CT molecular complexity index is 968. The van der Waals surface area contributed by atoms with Gasteiger partial charge < -0.3 is 10.1 Å². The van der Waals surface area contributed by atoms with Crippen molar-refractivity contribution < 1.29 is 17.9 Å². The topological polar surface area (TPSA) is 93.5 Å².